The molecule has 1 fully saturated rings. The maximum Gasteiger partial charge on any atom is -0.0239 e. The fourth-order valence-corrected chi connectivity index (χ4v) is 1.07. The standard InChI is InChI=1S/C8H12/c1-3-7-5-6-8(7)4-2/h3-4H,5-6H2,1-2H3/b7-3-,8-4-. The summed E-state index contributed by atoms with van der Waals surface area (Å²) in [6, 6.07) is 0. The molecule has 1 aliphatic rings. The molecule has 0 radical (unpaired) electrons. The molecule has 0 saturated heterocycles. The summed E-state index contributed by atoms with van der Waals surface area (Å²) < 4.78 is 0. The van der Waals surface area contributed by atoms with Crippen molar-refractivity contribution in [3.63, 3.8) is 0 Å². The zero-order chi connectivity index (χ0) is 5.98. The van der Waals surface area contributed by atoms with Gasteiger partial charge in [0.15, 0.2) is 0 Å². The fraction of sp³-hybridized carbons (Fsp3) is 0.500. The van der Waals surface area contributed by atoms with Crippen LogP contribution in [0.25, 0.3) is 0 Å². The highest BCUT2D eigenvalue weighted by molar-refractivity contribution is 5.38. The van der Waals surface area contributed by atoms with Crippen LogP contribution in [0.1, 0.15) is 26.7 Å². The van der Waals surface area contributed by atoms with Crippen molar-refractivity contribution in [3.8, 4) is 0 Å². The molecule has 0 spiro atoms. The van der Waals surface area contributed by atoms with Gasteiger partial charge in [0.25, 0.3) is 0 Å². The van der Waals surface area contributed by atoms with Crippen molar-refractivity contribution in [1.29, 1.82) is 0 Å². The van der Waals surface area contributed by atoms with Gasteiger partial charge in [0.1, 0.15) is 0 Å². The Morgan fingerprint density at radius 1 is 1.00 bits per heavy atom. The Morgan fingerprint density at radius 3 is 1.50 bits per heavy atom. The molecule has 0 unspecified atom stereocenters. The van der Waals surface area contributed by atoms with E-state index >= 15 is 0 Å². The lowest BCUT2D eigenvalue weighted by molar-refractivity contribution is 0.818. The lowest BCUT2D eigenvalue weighted by Crippen LogP contribution is -2.01. The average Bonchev–Trinajstić information content (AvgIpc) is 1.66. The van der Waals surface area contributed by atoms with Crippen LogP contribution >= 0.6 is 0 Å². The topological polar surface area (TPSA) is 0 Å². The van der Waals surface area contributed by atoms with Gasteiger partial charge >= 0.3 is 0 Å². The predicted octanol–water partition coefficient (Wildman–Crippen LogP) is 2.67. The van der Waals surface area contributed by atoms with Crippen molar-refractivity contribution in [2.24, 2.45) is 0 Å². The minimum Gasteiger partial charge on any atom is -0.0842 e. The van der Waals surface area contributed by atoms with E-state index in [1.165, 1.54) is 12.8 Å². The first-order valence-corrected chi connectivity index (χ1v) is 3.19. The van der Waals surface area contributed by atoms with Crippen LogP contribution in [-0.4, -0.2) is 0 Å². The number of hydrogen-bond donors (Lipinski definition) is 0. The van der Waals surface area contributed by atoms with E-state index in [4.69, 9.17) is 0 Å². The van der Waals surface area contributed by atoms with Gasteiger partial charge in [-0.3, -0.25) is 0 Å². The summed E-state index contributed by atoms with van der Waals surface area (Å²) in [4.78, 5) is 0. The minimum absolute atomic E-state index is 1.30. The van der Waals surface area contributed by atoms with Crippen molar-refractivity contribution < 1.29 is 0 Å². The molecule has 1 saturated carbocycles. The van der Waals surface area contributed by atoms with Crippen molar-refractivity contribution >= 4 is 0 Å². The third-order valence-electron chi connectivity index (χ3n) is 1.77. The lowest BCUT2D eigenvalue weighted by atomic mass is 9.85. The highest BCUT2D eigenvalue weighted by Crippen LogP contribution is 2.31. The monoisotopic (exact) mass is 108 g/mol. The maximum absolute atomic E-state index is 2.21. The molecular weight excluding hydrogens is 96.1 g/mol. The van der Waals surface area contributed by atoms with Gasteiger partial charge in [0, 0.05) is 0 Å². The second kappa shape index (κ2) is 2.17. The van der Waals surface area contributed by atoms with E-state index in [1.807, 2.05) is 0 Å². The molecule has 0 N–H and O–H groups in total. The van der Waals surface area contributed by atoms with Gasteiger partial charge in [0.05, 0.1) is 0 Å². The molecule has 1 aliphatic carbocycles. The molecule has 1 rings (SSSR count). The molecule has 44 valence electrons. The molecule has 0 amide bonds. The predicted molar refractivity (Wildman–Crippen MR) is 36.7 cm³/mol. The van der Waals surface area contributed by atoms with E-state index in [9.17, 15) is 0 Å². The van der Waals surface area contributed by atoms with Crippen molar-refractivity contribution in [1.82, 2.24) is 0 Å². The van der Waals surface area contributed by atoms with Gasteiger partial charge in [-0.15, -0.1) is 0 Å². The van der Waals surface area contributed by atoms with Crippen LogP contribution in [0.4, 0.5) is 0 Å². The second-order valence-electron chi connectivity index (χ2n) is 2.13. The summed E-state index contributed by atoms with van der Waals surface area (Å²) in [5.74, 6) is 0. The zero-order valence-corrected chi connectivity index (χ0v) is 5.57. The van der Waals surface area contributed by atoms with Crippen LogP contribution in [-0.2, 0) is 0 Å². The molecule has 8 heavy (non-hydrogen) atoms. The molecule has 0 bridgehead atoms. The lowest BCUT2D eigenvalue weighted by Gasteiger charge is -2.20. The number of hydrogen-bond acceptors (Lipinski definition) is 0. The van der Waals surface area contributed by atoms with E-state index in [0.717, 1.165) is 0 Å². The Bertz CT molecular complexity index is 120. The van der Waals surface area contributed by atoms with Gasteiger partial charge in [-0.1, -0.05) is 12.2 Å². The Kier molecular flexibility index (Phi) is 1.52. The molecule has 0 heteroatoms. The summed E-state index contributed by atoms with van der Waals surface area (Å²) in [5, 5.41) is 0. The van der Waals surface area contributed by atoms with E-state index in [0.29, 0.717) is 0 Å². The molecule has 0 aliphatic heterocycles. The van der Waals surface area contributed by atoms with Crippen LogP contribution in [0.5, 0.6) is 0 Å². The summed E-state index contributed by atoms with van der Waals surface area (Å²) in [6.07, 6.45) is 7.02. The third kappa shape index (κ3) is 0.706. The summed E-state index contributed by atoms with van der Waals surface area (Å²) >= 11 is 0. The van der Waals surface area contributed by atoms with Crippen LogP contribution < -0.4 is 0 Å². The van der Waals surface area contributed by atoms with Gasteiger partial charge in [0.2, 0.25) is 0 Å². The fourth-order valence-electron chi connectivity index (χ4n) is 1.07. The Hall–Kier alpha value is -0.520. The van der Waals surface area contributed by atoms with E-state index in [2.05, 4.69) is 26.0 Å². The molecule has 0 nitrogen and oxygen atoms in total. The Morgan fingerprint density at radius 2 is 1.38 bits per heavy atom. The van der Waals surface area contributed by atoms with Crippen molar-refractivity contribution in [2.75, 3.05) is 0 Å². The van der Waals surface area contributed by atoms with E-state index in [-0.39, 0.29) is 0 Å². The quantitative estimate of drug-likeness (QED) is 0.447. The number of allylic oxidation sites excluding steroid dienone is 4. The largest absolute Gasteiger partial charge is 0.0842 e. The van der Waals surface area contributed by atoms with E-state index < -0.39 is 0 Å². The molecule has 0 atom stereocenters. The first-order valence-electron chi connectivity index (χ1n) is 3.19. The van der Waals surface area contributed by atoms with E-state index in [1.54, 1.807) is 11.1 Å². The first-order chi connectivity index (χ1) is 3.88. The van der Waals surface area contributed by atoms with Crippen molar-refractivity contribution in [2.45, 2.75) is 26.7 Å². The Labute approximate surface area is 50.9 Å². The molecule has 0 aromatic heterocycles. The second-order valence-corrected chi connectivity index (χ2v) is 2.13. The highest BCUT2D eigenvalue weighted by Gasteiger charge is 2.12. The van der Waals surface area contributed by atoms with Gasteiger partial charge in [-0.05, 0) is 37.8 Å². The van der Waals surface area contributed by atoms with Crippen LogP contribution in [0.15, 0.2) is 23.3 Å². The molecule has 0 aromatic rings. The summed E-state index contributed by atoms with van der Waals surface area (Å²) in [6.45, 7) is 4.22. The van der Waals surface area contributed by atoms with Crippen LogP contribution in [0, 0.1) is 0 Å². The summed E-state index contributed by atoms with van der Waals surface area (Å²) in [7, 11) is 0. The zero-order valence-electron chi connectivity index (χ0n) is 5.57. The van der Waals surface area contributed by atoms with Crippen molar-refractivity contribution in [3.05, 3.63) is 23.3 Å². The van der Waals surface area contributed by atoms with Gasteiger partial charge in [-0.2, -0.15) is 0 Å². The van der Waals surface area contributed by atoms with Gasteiger partial charge in [-0.25, -0.2) is 0 Å². The Balaban J connectivity index is 2.64. The molecule has 0 aromatic carbocycles. The minimum atomic E-state index is 1.30. The summed E-state index contributed by atoms with van der Waals surface area (Å²) in [5.41, 5.74) is 3.10. The first kappa shape index (κ1) is 5.61. The number of rotatable bonds is 0. The molecular formula is C8H12. The molecule has 0 heterocycles. The average molecular weight is 108 g/mol. The van der Waals surface area contributed by atoms with Crippen LogP contribution in [0.2, 0.25) is 0 Å². The van der Waals surface area contributed by atoms with Gasteiger partial charge < -0.3 is 0 Å². The third-order valence-corrected chi connectivity index (χ3v) is 1.77. The highest BCUT2D eigenvalue weighted by atomic mass is 14.2. The smallest absolute Gasteiger partial charge is 0.0239 e. The normalized spacial score (nSPS) is 28.8. The maximum atomic E-state index is 2.21. The van der Waals surface area contributed by atoms with Crippen LogP contribution in [0.3, 0.4) is 0 Å². The SMILES string of the molecule is C/C=C1/CC/C1=C/C.